The van der Waals surface area contributed by atoms with Gasteiger partial charge in [0.05, 0.1) is 10.9 Å². The molecule has 16 heavy (non-hydrogen) atoms. The van der Waals surface area contributed by atoms with Gasteiger partial charge in [0.1, 0.15) is 0 Å². The Morgan fingerprint density at radius 2 is 2.19 bits per heavy atom. The summed E-state index contributed by atoms with van der Waals surface area (Å²) in [5.74, 6) is -0.122. The molecule has 1 N–H and O–H groups in total. The molecule has 1 heterocycles. The lowest BCUT2D eigenvalue weighted by molar-refractivity contribution is 0.0912. The quantitative estimate of drug-likeness (QED) is 0.825. The normalized spacial score (nSPS) is 13.3. The molecule has 88 valence electrons. The number of carbonyl (C=O) groups is 1. The molecule has 0 saturated heterocycles. The first-order valence-corrected chi connectivity index (χ1v) is 5.66. The number of amides is 1. The van der Waals surface area contributed by atoms with E-state index in [0.29, 0.717) is 5.56 Å². The van der Waals surface area contributed by atoms with Gasteiger partial charge in [-0.05, 0) is 39.8 Å². The second-order valence-corrected chi connectivity index (χ2v) is 5.13. The van der Waals surface area contributed by atoms with Crippen molar-refractivity contribution in [3.63, 3.8) is 0 Å². The van der Waals surface area contributed by atoms with Gasteiger partial charge in [0.2, 0.25) is 0 Å². The van der Waals surface area contributed by atoms with E-state index in [0.717, 1.165) is 5.69 Å². The first-order chi connectivity index (χ1) is 7.33. The van der Waals surface area contributed by atoms with Gasteiger partial charge in [0, 0.05) is 17.5 Å². The van der Waals surface area contributed by atoms with Crippen LogP contribution in [-0.2, 0) is 0 Å². The highest BCUT2D eigenvalue weighted by Gasteiger charge is 2.26. The minimum Gasteiger partial charge on any atom is -0.346 e. The fourth-order valence-corrected chi connectivity index (χ4v) is 1.21. The van der Waals surface area contributed by atoms with E-state index in [1.807, 2.05) is 27.7 Å². The molecule has 0 radical (unpaired) electrons. The van der Waals surface area contributed by atoms with Crippen molar-refractivity contribution in [3.05, 3.63) is 29.6 Å². The van der Waals surface area contributed by atoms with Crippen LogP contribution in [0.15, 0.2) is 18.3 Å². The smallest absolute Gasteiger partial charge is 0.251 e. The van der Waals surface area contributed by atoms with Gasteiger partial charge in [-0.2, -0.15) is 0 Å². The van der Waals surface area contributed by atoms with Crippen LogP contribution in [0.2, 0.25) is 0 Å². The number of rotatable bonds is 3. The van der Waals surface area contributed by atoms with Crippen molar-refractivity contribution < 1.29 is 4.79 Å². The van der Waals surface area contributed by atoms with Gasteiger partial charge in [-0.15, -0.1) is 11.6 Å². The molecule has 1 atom stereocenters. The molecule has 0 aromatic carbocycles. The van der Waals surface area contributed by atoms with E-state index in [2.05, 4.69) is 10.3 Å². The van der Waals surface area contributed by atoms with Crippen molar-refractivity contribution in [1.29, 1.82) is 0 Å². The third-order valence-corrected chi connectivity index (χ3v) is 3.13. The summed E-state index contributed by atoms with van der Waals surface area (Å²) in [6.07, 6.45) is 1.63. The van der Waals surface area contributed by atoms with Crippen LogP contribution in [0.4, 0.5) is 0 Å². The summed E-state index contributed by atoms with van der Waals surface area (Å²) in [6.45, 7) is 7.51. The number of aryl methyl sites for hydroxylation is 1. The van der Waals surface area contributed by atoms with E-state index in [9.17, 15) is 4.79 Å². The summed E-state index contributed by atoms with van der Waals surface area (Å²) in [6, 6.07) is 3.45. The van der Waals surface area contributed by atoms with E-state index in [1.54, 1.807) is 18.3 Å². The molecule has 1 rings (SSSR count). The average molecular weight is 241 g/mol. The molecule has 0 fully saturated rings. The maximum Gasteiger partial charge on any atom is 0.251 e. The van der Waals surface area contributed by atoms with Gasteiger partial charge in [0.15, 0.2) is 0 Å². The van der Waals surface area contributed by atoms with Crippen molar-refractivity contribution in [2.45, 2.75) is 38.6 Å². The Morgan fingerprint density at radius 3 is 2.69 bits per heavy atom. The van der Waals surface area contributed by atoms with Crippen molar-refractivity contribution in [2.24, 2.45) is 0 Å². The van der Waals surface area contributed by atoms with Gasteiger partial charge >= 0.3 is 0 Å². The molecule has 1 aromatic rings. The largest absolute Gasteiger partial charge is 0.346 e. The van der Waals surface area contributed by atoms with Crippen LogP contribution in [0.3, 0.4) is 0 Å². The zero-order chi connectivity index (χ0) is 12.3. The number of hydrogen-bond donors (Lipinski definition) is 1. The van der Waals surface area contributed by atoms with E-state index in [4.69, 9.17) is 11.6 Å². The molecule has 0 saturated carbocycles. The third-order valence-electron chi connectivity index (χ3n) is 2.59. The summed E-state index contributed by atoms with van der Waals surface area (Å²) in [4.78, 5) is 16.0. The fraction of sp³-hybridized carbons (Fsp3) is 0.500. The number of hydrogen-bond acceptors (Lipinski definition) is 2. The Labute approximate surface area is 101 Å². The fourth-order valence-electron chi connectivity index (χ4n) is 1.15. The Bertz CT molecular complexity index is 388. The summed E-state index contributed by atoms with van der Waals surface area (Å²) < 4.78 is 0. The molecule has 1 amide bonds. The molecule has 0 spiro atoms. The van der Waals surface area contributed by atoms with Crippen LogP contribution >= 0.6 is 11.6 Å². The maximum absolute atomic E-state index is 11.9. The Balaban J connectivity index is 2.81. The molecule has 0 aliphatic heterocycles. The Morgan fingerprint density at radius 1 is 1.56 bits per heavy atom. The van der Waals surface area contributed by atoms with Gasteiger partial charge in [0.25, 0.3) is 5.91 Å². The lowest BCUT2D eigenvalue weighted by Gasteiger charge is -2.28. The van der Waals surface area contributed by atoms with Gasteiger partial charge in [-0.3, -0.25) is 9.78 Å². The SMILES string of the molecule is Cc1cc(C(=O)NC(C)(C)C(C)Cl)ccn1. The average Bonchev–Trinajstić information content (AvgIpc) is 2.16. The third kappa shape index (κ3) is 3.20. The number of nitrogens with zero attached hydrogens (tertiary/aromatic N) is 1. The highest BCUT2D eigenvalue weighted by Crippen LogP contribution is 2.15. The molecule has 0 aliphatic rings. The van der Waals surface area contributed by atoms with Crippen LogP contribution < -0.4 is 5.32 Å². The second-order valence-electron chi connectivity index (χ2n) is 4.48. The van der Waals surface area contributed by atoms with Crippen LogP contribution in [0.25, 0.3) is 0 Å². The van der Waals surface area contributed by atoms with Crippen molar-refractivity contribution in [2.75, 3.05) is 0 Å². The van der Waals surface area contributed by atoms with Crippen LogP contribution in [0.5, 0.6) is 0 Å². The molecular formula is C12H17ClN2O. The number of aromatic nitrogens is 1. The highest BCUT2D eigenvalue weighted by molar-refractivity contribution is 6.21. The molecule has 0 bridgehead atoms. The molecule has 3 nitrogen and oxygen atoms in total. The lowest BCUT2D eigenvalue weighted by atomic mass is 10.0. The van der Waals surface area contributed by atoms with E-state index < -0.39 is 5.54 Å². The van der Waals surface area contributed by atoms with Gasteiger partial charge in [-0.25, -0.2) is 0 Å². The zero-order valence-corrected chi connectivity index (χ0v) is 10.8. The predicted molar refractivity (Wildman–Crippen MR) is 65.8 cm³/mol. The van der Waals surface area contributed by atoms with E-state index in [1.165, 1.54) is 0 Å². The summed E-state index contributed by atoms with van der Waals surface area (Å²) >= 11 is 6.01. The minimum absolute atomic E-state index is 0.122. The van der Waals surface area contributed by atoms with Crippen molar-refractivity contribution in [1.82, 2.24) is 10.3 Å². The lowest BCUT2D eigenvalue weighted by Crippen LogP contribution is -2.49. The van der Waals surface area contributed by atoms with Crippen LogP contribution in [-0.4, -0.2) is 21.8 Å². The van der Waals surface area contributed by atoms with Gasteiger partial charge < -0.3 is 5.32 Å². The molecule has 4 heteroatoms. The van der Waals surface area contributed by atoms with Gasteiger partial charge in [-0.1, -0.05) is 0 Å². The van der Waals surface area contributed by atoms with E-state index in [-0.39, 0.29) is 11.3 Å². The molecular weight excluding hydrogens is 224 g/mol. The van der Waals surface area contributed by atoms with Crippen molar-refractivity contribution >= 4 is 17.5 Å². The summed E-state index contributed by atoms with van der Waals surface area (Å²) in [5, 5.41) is 2.76. The highest BCUT2D eigenvalue weighted by atomic mass is 35.5. The number of carbonyl (C=O) groups excluding carboxylic acids is 1. The first kappa shape index (κ1) is 13.0. The van der Waals surface area contributed by atoms with Crippen molar-refractivity contribution in [3.8, 4) is 0 Å². The van der Waals surface area contributed by atoms with E-state index >= 15 is 0 Å². The standard InChI is InChI=1S/C12H17ClN2O/c1-8-7-10(5-6-14-8)11(16)15-12(3,4)9(2)13/h5-7,9H,1-4H3,(H,15,16). The number of nitrogens with one attached hydrogen (secondary N) is 1. The number of alkyl halides is 1. The predicted octanol–water partition coefficient (Wildman–Crippen LogP) is 2.53. The monoisotopic (exact) mass is 240 g/mol. The summed E-state index contributed by atoms with van der Waals surface area (Å²) in [5.41, 5.74) is 0.998. The number of halogens is 1. The molecule has 1 aromatic heterocycles. The minimum atomic E-state index is -0.435. The number of pyridine rings is 1. The van der Waals surface area contributed by atoms with Crippen LogP contribution in [0, 0.1) is 6.92 Å². The maximum atomic E-state index is 11.9. The topological polar surface area (TPSA) is 42.0 Å². The Kier molecular flexibility index (Phi) is 3.92. The first-order valence-electron chi connectivity index (χ1n) is 5.22. The Hall–Kier alpha value is -1.09. The second kappa shape index (κ2) is 4.83. The summed E-state index contributed by atoms with van der Waals surface area (Å²) in [7, 11) is 0. The molecule has 1 unspecified atom stereocenters. The van der Waals surface area contributed by atoms with Crippen LogP contribution in [0.1, 0.15) is 36.8 Å². The zero-order valence-electron chi connectivity index (χ0n) is 10.0. The molecule has 0 aliphatic carbocycles.